The van der Waals surface area contributed by atoms with E-state index in [4.69, 9.17) is 0 Å². The lowest BCUT2D eigenvalue weighted by atomic mass is 9.60. The molecule has 0 radical (unpaired) electrons. The van der Waals surface area contributed by atoms with Gasteiger partial charge in [-0.3, -0.25) is 0 Å². The molecule has 0 aromatic heterocycles. The molecule has 3 heteroatoms. The summed E-state index contributed by atoms with van der Waals surface area (Å²) in [6.07, 6.45) is 18.1. The number of unbranched alkanes of at least 4 members (excludes halogenated alkanes) is 3. The molecule has 3 saturated carbocycles. The smallest absolute Gasteiger partial charge is 0.0811 e. The van der Waals surface area contributed by atoms with E-state index in [9.17, 15) is 15.3 Å². The lowest BCUT2D eigenvalue weighted by Gasteiger charge is -2.44. The molecule has 3 fully saturated rings. The number of allylic oxidation sites excluding steroid dienone is 3. The Hall–Kier alpha value is -0.900. The Morgan fingerprint density at radius 2 is 1.85 bits per heavy atom. The van der Waals surface area contributed by atoms with Crippen molar-refractivity contribution in [2.45, 2.75) is 129 Å². The summed E-state index contributed by atoms with van der Waals surface area (Å²) in [5.41, 5.74) is 3.28. The molecule has 188 valence electrons. The first-order valence-corrected chi connectivity index (χ1v) is 13.7. The van der Waals surface area contributed by atoms with Gasteiger partial charge >= 0.3 is 0 Å². The maximum absolute atomic E-state index is 10.2. The zero-order valence-corrected chi connectivity index (χ0v) is 21.8. The van der Waals surface area contributed by atoms with Gasteiger partial charge in [0.15, 0.2) is 0 Å². The zero-order valence-electron chi connectivity index (χ0n) is 21.8. The quantitative estimate of drug-likeness (QED) is 0.330. The van der Waals surface area contributed by atoms with Gasteiger partial charge in [-0.1, -0.05) is 70.3 Å². The highest BCUT2D eigenvalue weighted by Gasteiger charge is 2.50. The van der Waals surface area contributed by atoms with Crippen molar-refractivity contribution < 1.29 is 15.3 Å². The minimum Gasteiger partial charge on any atom is -0.393 e. The first-order valence-electron chi connectivity index (χ1n) is 13.7. The lowest BCUT2D eigenvalue weighted by molar-refractivity contribution is 0.0677. The Morgan fingerprint density at radius 1 is 1.12 bits per heavy atom. The van der Waals surface area contributed by atoms with Crippen LogP contribution >= 0.6 is 0 Å². The normalized spacial score (nSPS) is 36.4. The third-order valence-corrected chi connectivity index (χ3v) is 9.19. The summed E-state index contributed by atoms with van der Waals surface area (Å²) in [6, 6.07) is 0. The van der Waals surface area contributed by atoms with E-state index < -0.39 is 17.8 Å². The van der Waals surface area contributed by atoms with Crippen molar-refractivity contribution >= 4 is 0 Å². The van der Waals surface area contributed by atoms with Gasteiger partial charge in [0.1, 0.15) is 0 Å². The summed E-state index contributed by atoms with van der Waals surface area (Å²) in [7, 11) is 0. The van der Waals surface area contributed by atoms with Crippen LogP contribution in [0.4, 0.5) is 0 Å². The predicted molar refractivity (Wildman–Crippen MR) is 138 cm³/mol. The average molecular weight is 459 g/mol. The van der Waals surface area contributed by atoms with Gasteiger partial charge in [-0.05, 0) is 93.1 Å². The van der Waals surface area contributed by atoms with E-state index in [0.29, 0.717) is 24.2 Å². The number of hydrogen-bond acceptors (Lipinski definition) is 3. The van der Waals surface area contributed by atoms with Crippen LogP contribution in [0, 0.1) is 23.2 Å². The van der Waals surface area contributed by atoms with Crippen LogP contribution in [-0.4, -0.2) is 33.1 Å². The zero-order chi connectivity index (χ0) is 24.2. The third kappa shape index (κ3) is 6.83. The molecule has 3 aliphatic rings. The fourth-order valence-electron chi connectivity index (χ4n) is 7.26. The topological polar surface area (TPSA) is 60.7 Å². The molecular formula is C30H50O3. The van der Waals surface area contributed by atoms with E-state index in [1.165, 1.54) is 57.8 Å². The molecule has 3 rings (SSSR count). The fourth-order valence-corrected chi connectivity index (χ4v) is 7.26. The molecular weight excluding hydrogens is 408 g/mol. The predicted octanol–water partition coefficient (Wildman–Crippen LogP) is 6.88. The van der Waals surface area contributed by atoms with Crippen molar-refractivity contribution in [1.29, 1.82) is 0 Å². The second-order valence-electron chi connectivity index (χ2n) is 12.4. The second-order valence-corrected chi connectivity index (χ2v) is 12.4. The number of aliphatic hydroxyl groups is 3. The first-order chi connectivity index (χ1) is 15.5. The molecule has 6 atom stereocenters. The molecule has 0 aromatic rings. The number of aliphatic hydroxyl groups excluding tert-OH is 2. The van der Waals surface area contributed by atoms with Crippen LogP contribution in [0.1, 0.15) is 111 Å². The van der Waals surface area contributed by atoms with Gasteiger partial charge in [0.2, 0.25) is 0 Å². The van der Waals surface area contributed by atoms with E-state index in [0.717, 1.165) is 35.8 Å². The van der Waals surface area contributed by atoms with Crippen LogP contribution in [-0.2, 0) is 0 Å². The summed E-state index contributed by atoms with van der Waals surface area (Å²) < 4.78 is 0. The van der Waals surface area contributed by atoms with Crippen molar-refractivity contribution in [2.24, 2.45) is 23.2 Å². The monoisotopic (exact) mass is 458 g/mol. The lowest BCUT2D eigenvalue weighted by Crippen LogP contribution is -2.36. The summed E-state index contributed by atoms with van der Waals surface area (Å²) in [6.45, 7) is 12.9. The number of hydrogen-bond donors (Lipinski definition) is 3. The Kier molecular flexibility index (Phi) is 9.08. The van der Waals surface area contributed by atoms with Crippen molar-refractivity contribution in [3.8, 4) is 0 Å². The van der Waals surface area contributed by atoms with Crippen LogP contribution in [0.15, 0.2) is 35.5 Å². The molecule has 0 aliphatic heterocycles. The van der Waals surface area contributed by atoms with Gasteiger partial charge in [-0.15, -0.1) is 0 Å². The first kappa shape index (κ1) is 26.7. The molecule has 0 bridgehead atoms. The standard InChI is InChI=1S/C30H50O3/c1-21(11-8-6-7-9-17-29(3,4)33)26-15-16-27-23(12-10-18-30(26,27)5)13-14-24-19-25(31)20-28(32)22(24)2/h13-14,21,25-28,31-33H,2,6-12,15-20H2,1,3-5H3/b23-13+,24-14-/t21-,25-,26-,27+,28+,30-/m1/s1. The van der Waals surface area contributed by atoms with Crippen molar-refractivity contribution in [1.82, 2.24) is 0 Å². The molecule has 0 aromatic carbocycles. The summed E-state index contributed by atoms with van der Waals surface area (Å²) in [4.78, 5) is 0. The van der Waals surface area contributed by atoms with Crippen molar-refractivity contribution in [3.63, 3.8) is 0 Å². The van der Waals surface area contributed by atoms with Gasteiger partial charge in [0.05, 0.1) is 17.8 Å². The van der Waals surface area contributed by atoms with Crippen LogP contribution in [0.25, 0.3) is 0 Å². The van der Waals surface area contributed by atoms with E-state index in [2.05, 4.69) is 32.6 Å². The fraction of sp³-hybridized carbons (Fsp3) is 0.800. The third-order valence-electron chi connectivity index (χ3n) is 9.19. The number of fused-ring (bicyclic) bond motifs is 1. The van der Waals surface area contributed by atoms with E-state index in [1.54, 1.807) is 5.57 Å². The summed E-state index contributed by atoms with van der Waals surface area (Å²) in [5, 5.41) is 30.1. The Bertz CT molecular complexity index is 727. The largest absolute Gasteiger partial charge is 0.393 e. The van der Waals surface area contributed by atoms with E-state index in [1.807, 2.05) is 13.8 Å². The molecule has 0 unspecified atom stereocenters. The second kappa shape index (κ2) is 11.2. The van der Waals surface area contributed by atoms with Crippen LogP contribution in [0.3, 0.4) is 0 Å². The molecule has 0 amide bonds. The van der Waals surface area contributed by atoms with Crippen LogP contribution < -0.4 is 0 Å². The minimum atomic E-state index is -0.609. The SMILES string of the molecule is C=C1/C(=C\C=C2/CCC[C@]3(C)[C@@H]([C@H](C)CCCCCCC(C)(C)O)CC[C@@H]23)C[C@@H](O)C[C@@H]1O. The molecule has 0 saturated heterocycles. The van der Waals surface area contributed by atoms with Gasteiger partial charge in [-0.2, -0.15) is 0 Å². The highest BCUT2D eigenvalue weighted by Crippen LogP contribution is 2.60. The van der Waals surface area contributed by atoms with Crippen LogP contribution in [0.2, 0.25) is 0 Å². The van der Waals surface area contributed by atoms with Gasteiger partial charge in [-0.25, -0.2) is 0 Å². The minimum absolute atomic E-state index is 0.408. The highest BCUT2D eigenvalue weighted by molar-refractivity contribution is 5.38. The summed E-state index contributed by atoms with van der Waals surface area (Å²) in [5.74, 6) is 2.26. The Balaban J connectivity index is 1.57. The van der Waals surface area contributed by atoms with E-state index in [-0.39, 0.29) is 0 Å². The highest BCUT2D eigenvalue weighted by atomic mass is 16.3. The van der Waals surface area contributed by atoms with Gasteiger partial charge < -0.3 is 15.3 Å². The average Bonchev–Trinajstić information content (AvgIpc) is 3.08. The molecule has 0 heterocycles. The van der Waals surface area contributed by atoms with Gasteiger partial charge in [0, 0.05) is 6.42 Å². The molecule has 0 spiro atoms. The Morgan fingerprint density at radius 3 is 2.58 bits per heavy atom. The van der Waals surface area contributed by atoms with Crippen LogP contribution in [0.5, 0.6) is 0 Å². The molecule has 3 aliphatic carbocycles. The molecule has 3 N–H and O–H groups in total. The molecule has 33 heavy (non-hydrogen) atoms. The maximum Gasteiger partial charge on any atom is 0.0811 e. The van der Waals surface area contributed by atoms with E-state index >= 15 is 0 Å². The maximum atomic E-state index is 10.2. The molecule has 3 nitrogen and oxygen atoms in total. The van der Waals surface area contributed by atoms with Crippen molar-refractivity contribution in [3.05, 3.63) is 35.5 Å². The number of rotatable bonds is 9. The van der Waals surface area contributed by atoms with Gasteiger partial charge in [0.25, 0.3) is 0 Å². The summed E-state index contributed by atoms with van der Waals surface area (Å²) >= 11 is 0. The Labute approximate surface area is 203 Å². The van der Waals surface area contributed by atoms with Crippen molar-refractivity contribution in [2.75, 3.05) is 0 Å².